The van der Waals surface area contributed by atoms with E-state index in [-0.39, 0.29) is 5.91 Å². The van der Waals surface area contributed by atoms with E-state index in [0.717, 1.165) is 23.4 Å². The summed E-state index contributed by atoms with van der Waals surface area (Å²) in [6, 6.07) is 6.07. The van der Waals surface area contributed by atoms with Gasteiger partial charge in [0.15, 0.2) is 0 Å². The highest BCUT2D eigenvalue weighted by atomic mass is 16.1. The van der Waals surface area contributed by atoms with Crippen LogP contribution in [0, 0.1) is 6.92 Å². The van der Waals surface area contributed by atoms with Crippen molar-refractivity contribution in [3.63, 3.8) is 0 Å². The number of hydrogen-bond acceptors (Lipinski definition) is 4. The highest BCUT2D eigenvalue weighted by Gasteiger charge is 2.09. The van der Waals surface area contributed by atoms with Crippen molar-refractivity contribution in [3.8, 4) is 0 Å². The van der Waals surface area contributed by atoms with Crippen molar-refractivity contribution < 1.29 is 4.79 Å². The Morgan fingerprint density at radius 2 is 2.09 bits per heavy atom. The molecular formula is C17H19N5O. The van der Waals surface area contributed by atoms with Gasteiger partial charge in [-0.3, -0.25) is 9.20 Å². The van der Waals surface area contributed by atoms with E-state index in [1.165, 1.54) is 6.20 Å². The van der Waals surface area contributed by atoms with Crippen molar-refractivity contribution in [2.45, 2.75) is 13.5 Å². The largest absolute Gasteiger partial charge is 0.322 e. The van der Waals surface area contributed by atoms with Crippen molar-refractivity contribution >= 4 is 17.4 Å². The molecule has 6 heteroatoms. The summed E-state index contributed by atoms with van der Waals surface area (Å²) in [6.45, 7) is 2.85. The lowest BCUT2D eigenvalue weighted by molar-refractivity contribution is 0.102. The van der Waals surface area contributed by atoms with Crippen LogP contribution in [-0.2, 0) is 6.54 Å². The molecular weight excluding hydrogens is 290 g/mol. The van der Waals surface area contributed by atoms with Gasteiger partial charge in [0.2, 0.25) is 5.78 Å². The van der Waals surface area contributed by atoms with Gasteiger partial charge in [-0.25, -0.2) is 9.97 Å². The van der Waals surface area contributed by atoms with Crippen molar-refractivity contribution in [2.75, 3.05) is 19.4 Å². The lowest BCUT2D eigenvalue weighted by Crippen LogP contribution is -2.14. The van der Waals surface area contributed by atoms with E-state index >= 15 is 0 Å². The normalized spacial score (nSPS) is 11.1. The number of benzene rings is 1. The van der Waals surface area contributed by atoms with Gasteiger partial charge in [0.1, 0.15) is 0 Å². The molecule has 0 radical (unpaired) electrons. The maximum Gasteiger partial charge on any atom is 0.258 e. The summed E-state index contributed by atoms with van der Waals surface area (Å²) in [6.07, 6.45) is 6.68. The highest BCUT2D eigenvalue weighted by Crippen LogP contribution is 2.16. The molecule has 0 saturated heterocycles. The van der Waals surface area contributed by atoms with Crippen molar-refractivity contribution in [1.29, 1.82) is 0 Å². The third-order valence-electron chi connectivity index (χ3n) is 3.40. The van der Waals surface area contributed by atoms with Gasteiger partial charge in [0.05, 0.1) is 5.56 Å². The fourth-order valence-corrected chi connectivity index (χ4v) is 2.53. The summed E-state index contributed by atoms with van der Waals surface area (Å²) in [5.74, 6) is 0.389. The molecule has 1 aromatic carbocycles. The zero-order valence-electron chi connectivity index (χ0n) is 13.4. The molecule has 1 amide bonds. The van der Waals surface area contributed by atoms with Crippen LogP contribution >= 0.6 is 0 Å². The van der Waals surface area contributed by atoms with E-state index in [0.29, 0.717) is 11.3 Å². The van der Waals surface area contributed by atoms with Gasteiger partial charge < -0.3 is 10.2 Å². The Kier molecular flexibility index (Phi) is 4.08. The van der Waals surface area contributed by atoms with Crippen LogP contribution in [0.4, 0.5) is 5.69 Å². The fourth-order valence-electron chi connectivity index (χ4n) is 2.53. The minimum absolute atomic E-state index is 0.186. The Morgan fingerprint density at radius 1 is 1.26 bits per heavy atom. The van der Waals surface area contributed by atoms with Crippen LogP contribution in [0.25, 0.3) is 5.78 Å². The SMILES string of the molecule is Cc1cc(CN(C)C)cc(NC(=O)c2cnc3nccn3c2)c1. The Bertz CT molecular complexity index is 853. The molecule has 3 aromatic rings. The molecule has 2 heterocycles. The molecule has 0 aliphatic heterocycles. The van der Waals surface area contributed by atoms with Gasteiger partial charge in [-0.05, 0) is 44.3 Å². The van der Waals surface area contributed by atoms with Crippen LogP contribution in [0.1, 0.15) is 21.5 Å². The smallest absolute Gasteiger partial charge is 0.258 e. The van der Waals surface area contributed by atoms with Crippen LogP contribution in [0.3, 0.4) is 0 Å². The number of carbonyl (C=O) groups is 1. The molecule has 0 bridgehead atoms. The number of nitrogens with zero attached hydrogens (tertiary/aromatic N) is 4. The molecule has 0 atom stereocenters. The molecule has 3 rings (SSSR count). The average Bonchev–Trinajstić information content (AvgIpc) is 2.92. The standard InChI is InChI=1S/C17H19N5O/c1-12-6-13(10-21(2)3)8-15(7-12)20-16(23)14-9-19-17-18-4-5-22(17)11-14/h4-9,11H,10H2,1-3H3,(H,20,23). The minimum Gasteiger partial charge on any atom is -0.322 e. The lowest BCUT2D eigenvalue weighted by Gasteiger charge is -2.13. The number of imidazole rings is 1. The molecule has 6 nitrogen and oxygen atoms in total. The van der Waals surface area contributed by atoms with Gasteiger partial charge in [0.25, 0.3) is 5.91 Å². The first-order valence-electron chi connectivity index (χ1n) is 7.36. The average molecular weight is 309 g/mol. The third-order valence-corrected chi connectivity index (χ3v) is 3.40. The first-order valence-corrected chi connectivity index (χ1v) is 7.36. The zero-order valence-corrected chi connectivity index (χ0v) is 13.4. The summed E-state index contributed by atoms with van der Waals surface area (Å²) in [5.41, 5.74) is 3.56. The predicted molar refractivity (Wildman–Crippen MR) is 89.5 cm³/mol. The molecule has 0 aliphatic carbocycles. The third kappa shape index (κ3) is 3.54. The van der Waals surface area contributed by atoms with Gasteiger partial charge in [0, 0.05) is 37.0 Å². The monoisotopic (exact) mass is 309 g/mol. The summed E-state index contributed by atoms with van der Waals surface area (Å²) in [5, 5.41) is 2.94. The van der Waals surface area contributed by atoms with Gasteiger partial charge in [-0.1, -0.05) is 6.07 Å². The molecule has 1 N–H and O–H groups in total. The number of fused-ring (bicyclic) bond motifs is 1. The molecule has 2 aromatic heterocycles. The number of aryl methyl sites for hydroxylation is 1. The molecule has 0 unspecified atom stereocenters. The summed E-state index contributed by atoms with van der Waals surface area (Å²) in [4.78, 5) is 22.8. The maximum atomic E-state index is 12.4. The number of aromatic nitrogens is 3. The van der Waals surface area contributed by atoms with Crippen LogP contribution in [0.15, 0.2) is 43.0 Å². The van der Waals surface area contributed by atoms with E-state index in [1.807, 2.05) is 33.2 Å². The Morgan fingerprint density at radius 3 is 2.87 bits per heavy atom. The van der Waals surface area contributed by atoms with Crippen LogP contribution in [0.2, 0.25) is 0 Å². The van der Waals surface area contributed by atoms with Crippen LogP contribution in [-0.4, -0.2) is 39.3 Å². The lowest BCUT2D eigenvalue weighted by atomic mass is 10.1. The van der Waals surface area contributed by atoms with Crippen LogP contribution in [0.5, 0.6) is 0 Å². The van der Waals surface area contributed by atoms with Crippen molar-refractivity contribution in [3.05, 3.63) is 59.7 Å². The second-order valence-electron chi connectivity index (χ2n) is 5.88. The van der Waals surface area contributed by atoms with Gasteiger partial charge >= 0.3 is 0 Å². The number of anilines is 1. The molecule has 23 heavy (non-hydrogen) atoms. The Labute approximate surface area is 134 Å². The van der Waals surface area contributed by atoms with E-state index < -0.39 is 0 Å². The Balaban J connectivity index is 1.82. The van der Waals surface area contributed by atoms with Crippen molar-refractivity contribution in [2.24, 2.45) is 0 Å². The number of carbonyl (C=O) groups excluding carboxylic acids is 1. The number of hydrogen-bond donors (Lipinski definition) is 1. The van der Waals surface area contributed by atoms with Gasteiger partial charge in [-0.15, -0.1) is 0 Å². The molecule has 0 saturated carbocycles. The maximum absolute atomic E-state index is 12.4. The Hall–Kier alpha value is -2.73. The van der Waals surface area contributed by atoms with Gasteiger partial charge in [-0.2, -0.15) is 0 Å². The first-order chi connectivity index (χ1) is 11.0. The van der Waals surface area contributed by atoms with E-state index in [9.17, 15) is 4.79 Å². The number of rotatable bonds is 4. The topological polar surface area (TPSA) is 62.5 Å². The highest BCUT2D eigenvalue weighted by molar-refractivity contribution is 6.04. The summed E-state index contributed by atoms with van der Waals surface area (Å²) < 4.78 is 1.72. The summed E-state index contributed by atoms with van der Waals surface area (Å²) in [7, 11) is 4.04. The summed E-state index contributed by atoms with van der Waals surface area (Å²) >= 11 is 0. The molecule has 0 aliphatic rings. The number of nitrogens with one attached hydrogen (secondary N) is 1. The molecule has 0 fully saturated rings. The second-order valence-corrected chi connectivity index (χ2v) is 5.88. The molecule has 0 spiro atoms. The minimum atomic E-state index is -0.186. The quantitative estimate of drug-likeness (QED) is 0.803. The first kappa shape index (κ1) is 15.2. The predicted octanol–water partition coefficient (Wildman–Crippen LogP) is 2.35. The van der Waals surface area contributed by atoms with E-state index in [2.05, 4.69) is 26.3 Å². The van der Waals surface area contributed by atoms with Crippen molar-refractivity contribution in [1.82, 2.24) is 19.3 Å². The molecule has 118 valence electrons. The van der Waals surface area contributed by atoms with Crippen LogP contribution < -0.4 is 5.32 Å². The van der Waals surface area contributed by atoms with E-state index in [1.54, 1.807) is 23.0 Å². The fraction of sp³-hybridized carbons (Fsp3) is 0.235. The second kappa shape index (κ2) is 6.18. The zero-order chi connectivity index (χ0) is 16.4. The van der Waals surface area contributed by atoms with E-state index in [4.69, 9.17) is 0 Å². The number of amides is 1.